The van der Waals surface area contributed by atoms with Crippen molar-refractivity contribution in [2.45, 2.75) is 69.7 Å². The number of aliphatic hydroxyl groups is 1. The van der Waals surface area contributed by atoms with Crippen LogP contribution >= 0.6 is 0 Å². The van der Waals surface area contributed by atoms with Crippen LogP contribution in [0.15, 0.2) is 24.3 Å². The number of phenolic OH excluding ortho intramolecular Hbond substituents is 1. The molecule has 1 aliphatic carbocycles. The van der Waals surface area contributed by atoms with E-state index in [1.165, 1.54) is 31.4 Å². The fourth-order valence-electron chi connectivity index (χ4n) is 8.97. The van der Waals surface area contributed by atoms with Crippen LogP contribution in [0, 0.1) is 29.4 Å². The number of piperidine rings is 1. The molecule has 1 saturated carbocycles. The van der Waals surface area contributed by atoms with Crippen molar-refractivity contribution in [1.82, 2.24) is 19.9 Å². The number of halogens is 2. The fraction of sp³-hybridized carbons (Fsp3) is 0.513. The lowest BCUT2D eigenvalue weighted by Crippen LogP contribution is -2.68. The smallest absolute Gasteiger partial charge is 0.319 e. The maximum absolute atomic E-state index is 17.2. The second kappa shape index (κ2) is 13.3. The molecule has 0 bridgehead atoms. The molecule has 3 aliphatic heterocycles. The molecule has 13 heteroatoms. The van der Waals surface area contributed by atoms with Gasteiger partial charge in [0.15, 0.2) is 5.82 Å². The quantitative estimate of drug-likeness (QED) is 0.246. The Kier molecular flexibility index (Phi) is 8.85. The van der Waals surface area contributed by atoms with Gasteiger partial charge in [0, 0.05) is 35.5 Å². The summed E-state index contributed by atoms with van der Waals surface area (Å²) in [7, 11) is 1.40. The largest absolute Gasteiger partial charge is 0.508 e. The highest BCUT2D eigenvalue weighted by molar-refractivity contribution is 6.04. The molecule has 52 heavy (non-hydrogen) atoms. The van der Waals surface area contributed by atoms with E-state index in [0.29, 0.717) is 43.8 Å². The molecule has 3 saturated heterocycles. The van der Waals surface area contributed by atoms with E-state index < -0.39 is 17.7 Å². The number of aromatic hydroxyl groups is 1. The predicted octanol–water partition coefficient (Wildman–Crippen LogP) is 5.21. The van der Waals surface area contributed by atoms with Crippen LogP contribution in [0.3, 0.4) is 0 Å². The number of nitrogens with zero attached hydrogens (tertiary/aromatic N) is 5. The van der Waals surface area contributed by atoms with Gasteiger partial charge in [0.2, 0.25) is 5.88 Å². The van der Waals surface area contributed by atoms with Crippen molar-refractivity contribution in [3.8, 4) is 41.2 Å². The highest BCUT2D eigenvalue weighted by Crippen LogP contribution is 2.51. The summed E-state index contributed by atoms with van der Waals surface area (Å²) in [6, 6.07) is 6.00. The second-order valence-corrected chi connectivity index (χ2v) is 15.0. The fourth-order valence-corrected chi connectivity index (χ4v) is 8.97. The van der Waals surface area contributed by atoms with Crippen molar-refractivity contribution in [2.24, 2.45) is 5.41 Å². The molecular weight excluding hydrogens is 672 g/mol. The van der Waals surface area contributed by atoms with Crippen molar-refractivity contribution in [2.75, 3.05) is 58.1 Å². The van der Waals surface area contributed by atoms with Crippen LogP contribution in [0.25, 0.3) is 32.9 Å². The second-order valence-electron chi connectivity index (χ2n) is 15.0. The highest BCUT2D eigenvalue weighted by atomic mass is 19.1. The van der Waals surface area contributed by atoms with Gasteiger partial charge < -0.3 is 34.1 Å². The molecule has 0 radical (unpaired) electrons. The van der Waals surface area contributed by atoms with Gasteiger partial charge in [0.1, 0.15) is 34.0 Å². The number of fused-ring (bicyclic) bond motifs is 3. The number of terminal acetylenes is 1. The zero-order valence-electron chi connectivity index (χ0n) is 29.6. The number of phenols is 1. The number of hydrogen-bond donors (Lipinski definition) is 2. The average Bonchev–Trinajstić information content (AvgIpc) is 3.45. The Balaban J connectivity index is 1.27. The third-order valence-electron chi connectivity index (χ3n) is 11.6. The van der Waals surface area contributed by atoms with E-state index in [1.807, 2.05) is 0 Å². The predicted molar refractivity (Wildman–Crippen MR) is 191 cm³/mol. The molecule has 11 nitrogen and oxygen atoms in total. The summed E-state index contributed by atoms with van der Waals surface area (Å²) in [5, 5.41) is 22.2. The van der Waals surface area contributed by atoms with E-state index in [1.54, 1.807) is 4.90 Å². The molecule has 2 aromatic heterocycles. The number of rotatable bonds is 7. The SMILES string of the molecule is C#Cc1c(F)ccc2cc(O)cc(-c3nc(OC)c4c(N5CCOCC(O)C5)nc(OCC56CCCC5N(C5COC5(C)C)CCC6)nc4c3F)c12. The Morgan fingerprint density at radius 1 is 1.06 bits per heavy atom. The number of hydrogen-bond acceptors (Lipinski definition) is 11. The number of benzene rings is 2. The first-order chi connectivity index (χ1) is 25.0. The molecule has 0 spiro atoms. The molecule has 4 aliphatic rings. The van der Waals surface area contributed by atoms with E-state index in [4.69, 9.17) is 30.4 Å². The summed E-state index contributed by atoms with van der Waals surface area (Å²) in [6.07, 6.45) is 10.1. The summed E-state index contributed by atoms with van der Waals surface area (Å²) in [4.78, 5) is 18.5. The number of β-amino-alcohol motifs (C(OH)–C–C–N with tert-alkyl or cyclic N) is 1. The molecule has 2 N–H and O–H groups in total. The molecular formula is C39H43F2N5O6. The number of pyridine rings is 1. The first kappa shape index (κ1) is 34.7. The van der Waals surface area contributed by atoms with Crippen LogP contribution in [-0.4, -0.2) is 107 Å². The number of aliphatic hydroxyl groups excluding tert-OH is 1. The molecule has 0 amide bonds. The lowest BCUT2D eigenvalue weighted by Gasteiger charge is -2.57. The maximum Gasteiger partial charge on any atom is 0.319 e. The Morgan fingerprint density at radius 3 is 2.63 bits per heavy atom. The number of aromatic nitrogens is 3. The topological polar surface area (TPSA) is 123 Å². The van der Waals surface area contributed by atoms with Gasteiger partial charge >= 0.3 is 6.01 Å². The Hall–Kier alpha value is -4.35. The van der Waals surface area contributed by atoms with Gasteiger partial charge in [-0.25, -0.2) is 13.8 Å². The van der Waals surface area contributed by atoms with Gasteiger partial charge in [0.05, 0.1) is 56.8 Å². The standard InChI is InChI=1S/C39H43F2N5O6/c1-5-25-27(40)10-9-22-16-23(47)17-26(30(22)25)33-32(41)34-31(36(42-33)49-4)35(45-14-15-50-19-24(48)18-45)44-37(43-34)51-21-39-11-6-8-28(39)46(13-7-12-39)29-20-52-38(29,2)3/h1,9-10,16-17,24,28-29,47-48H,6-8,11-15,18-21H2,2-4H3. The van der Waals surface area contributed by atoms with E-state index in [0.717, 1.165) is 38.6 Å². The lowest BCUT2D eigenvalue weighted by atomic mass is 9.73. The van der Waals surface area contributed by atoms with Gasteiger partial charge in [-0.3, -0.25) is 4.90 Å². The normalized spacial score (nSPS) is 26.1. The van der Waals surface area contributed by atoms with Crippen molar-refractivity contribution >= 4 is 27.5 Å². The molecule has 274 valence electrons. The van der Waals surface area contributed by atoms with Crippen LogP contribution in [-0.2, 0) is 9.47 Å². The molecule has 4 fully saturated rings. The Bertz CT molecular complexity index is 2090. The minimum Gasteiger partial charge on any atom is -0.508 e. The lowest BCUT2D eigenvalue weighted by molar-refractivity contribution is -0.214. The molecule has 5 heterocycles. The van der Waals surface area contributed by atoms with E-state index in [2.05, 4.69) is 34.6 Å². The van der Waals surface area contributed by atoms with E-state index in [9.17, 15) is 10.2 Å². The highest BCUT2D eigenvalue weighted by Gasteiger charge is 2.54. The summed E-state index contributed by atoms with van der Waals surface area (Å²) in [6.45, 7) is 7.29. The van der Waals surface area contributed by atoms with Gasteiger partial charge in [-0.15, -0.1) is 6.42 Å². The summed E-state index contributed by atoms with van der Waals surface area (Å²) < 4.78 is 56.1. The molecule has 4 aromatic rings. The first-order valence-corrected chi connectivity index (χ1v) is 17.9. The van der Waals surface area contributed by atoms with Crippen molar-refractivity contribution < 1.29 is 37.9 Å². The summed E-state index contributed by atoms with van der Waals surface area (Å²) >= 11 is 0. The minimum atomic E-state index is -0.858. The van der Waals surface area contributed by atoms with Crippen molar-refractivity contribution in [1.29, 1.82) is 0 Å². The minimum absolute atomic E-state index is 0.00883. The Labute approximate surface area is 300 Å². The average molecular weight is 716 g/mol. The van der Waals surface area contributed by atoms with Gasteiger partial charge in [-0.1, -0.05) is 18.4 Å². The third kappa shape index (κ3) is 5.76. The van der Waals surface area contributed by atoms with Crippen molar-refractivity contribution in [3.63, 3.8) is 0 Å². The zero-order chi connectivity index (χ0) is 36.4. The van der Waals surface area contributed by atoms with Gasteiger partial charge in [-0.2, -0.15) is 9.97 Å². The first-order valence-electron chi connectivity index (χ1n) is 17.9. The van der Waals surface area contributed by atoms with Crippen molar-refractivity contribution in [3.05, 3.63) is 41.5 Å². The summed E-state index contributed by atoms with van der Waals surface area (Å²) in [5.74, 6) is 0.923. The number of anilines is 1. The zero-order valence-corrected chi connectivity index (χ0v) is 29.6. The van der Waals surface area contributed by atoms with E-state index >= 15 is 8.78 Å². The summed E-state index contributed by atoms with van der Waals surface area (Å²) in [5.41, 5.74) is -0.757. The Morgan fingerprint density at radius 2 is 1.88 bits per heavy atom. The number of methoxy groups -OCH3 is 1. The van der Waals surface area contributed by atoms with Crippen LogP contribution in [0.1, 0.15) is 51.5 Å². The maximum atomic E-state index is 17.2. The molecule has 4 atom stereocenters. The van der Waals surface area contributed by atoms with Crippen LogP contribution in [0.4, 0.5) is 14.6 Å². The number of likely N-dealkylation sites (tertiary alicyclic amines) is 1. The molecule has 2 aromatic carbocycles. The van der Waals surface area contributed by atoms with Crippen LogP contribution in [0.2, 0.25) is 0 Å². The third-order valence-corrected chi connectivity index (χ3v) is 11.6. The van der Waals surface area contributed by atoms with Crippen LogP contribution in [0.5, 0.6) is 17.6 Å². The van der Waals surface area contributed by atoms with Crippen LogP contribution < -0.4 is 14.4 Å². The number of ether oxygens (including phenoxy) is 4. The molecule has 8 rings (SSSR count). The monoisotopic (exact) mass is 715 g/mol. The van der Waals surface area contributed by atoms with Gasteiger partial charge in [-0.05, 0) is 69.7 Å². The van der Waals surface area contributed by atoms with E-state index in [-0.39, 0.29) is 80.7 Å². The van der Waals surface area contributed by atoms with Gasteiger partial charge in [0.25, 0.3) is 0 Å². The molecule has 4 unspecified atom stereocenters.